The monoisotopic (exact) mass is 352 g/mol. The molecule has 0 bridgehead atoms. The molecule has 1 aliphatic heterocycles. The third kappa shape index (κ3) is 4.02. The van der Waals surface area contributed by atoms with E-state index in [0.29, 0.717) is 31.9 Å². The second kappa shape index (κ2) is 7.56. The Labute approximate surface area is 153 Å². The van der Waals surface area contributed by atoms with Crippen LogP contribution >= 0.6 is 0 Å². The second-order valence-corrected chi connectivity index (χ2v) is 6.67. The molecule has 0 radical (unpaired) electrons. The fraction of sp³-hybridized carbons (Fsp3) is 0.350. The molecule has 0 saturated carbocycles. The number of rotatable bonds is 3. The van der Waals surface area contributed by atoms with Crippen molar-refractivity contribution in [3.05, 3.63) is 53.3 Å². The number of hydrogen-bond donors (Lipinski definition) is 1. The molecule has 1 fully saturated rings. The Morgan fingerprint density at radius 1 is 1.00 bits per heavy atom. The normalized spacial score (nSPS) is 14.3. The number of nitrogens with zero attached hydrogens (tertiary/aromatic N) is 3. The van der Waals surface area contributed by atoms with Gasteiger partial charge in [0.15, 0.2) is 0 Å². The minimum Gasteiger partial charge on any atom is -0.355 e. The van der Waals surface area contributed by atoms with Crippen molar-refractivity contribution in [3.63, 3.8) is 0 Å². The molecular weight excluding hydrogens is 328 g/mol. The van der Waals surface area contributed by atoms with Gasteiger partial charge in [-0.15, -0.1) is 0 Å². The smallest absolute Gasteiger partial charge is 0.272 e. The molecule has 0 atom stereocenters. The Kier molecular flexibility index (Phi) is 5.21. The van der Waals surface area contributed by atoms with Crippen LogP contribution in [0.2, 0.25) is 0 Å². The summed E-state index contributed by atoms with van der Waals surface area (Å²) in [5.41, 5.74) is 4.58. The predicted molar refractivity (Wildman–Crippen MR) is 102 cm³/mol. The summed E-state index contributed by atoms with van der Waals surface area (Å²) in [4.78, 5) is 31.9. The Balaban J connectivity index is 1.72. The van der Waals surface area contributed by atoms with Crippen LogP contribution in [0.4, 0.5) is 11.4 Å². The third-order valence-corrected chi connectivity index (χ3v) is 4.66. The Hall–Kier alpha value is -2.89. The van der Waals surface area contributed by atoms with E-state index in [-0.39, 0.29) is 11.8 Å². The molecule has 0 aliphatic carbocycles. The fourth-order valence-electron chi connectivity index (χ4n) is 3.04. The standard InChI is InChI=1S/C20H24N4O2/c1-14-4-5-15(2)18(12-14)22-17-6-7-21-19(13-17)20(26)24-10-8-23(9-11-24)16(3)25/h4-7,12-13H,8-11H2,1-3H3,(H,21,22). The maximum atomic E-state index is 12.7. The molecule has 1 N–H and O–H groups in total. The fourth-order valence-corrected chi connectivity index (χ4v) is 3.04. The molecule has 136 valence electrons. The summed E-state index contributed by atoms with van der Waals surface area (Å²) < 4.78 is 0. The number of aromatic nitrogens is 1. The van der Waals surface area contributed by atoms with Gasteiger partial charge in [-0.2, -0.15) is 0 Å². The van der Waals surface area contributed by atoms with Gasteiger partial charge >= 0.3 is 0 Å². The topological polar surface area (TPSA) is 65.5 Å². The zero-order valence-corrected chi connectivity index (χ0v) is 15.5. The molecule has 1 aromatic heterocycles. The van der Waals surface area contributed by atoms with Gasteiger partial charge in [-0.05, 0) is 43.2 Å². The lowest BCUT2D eigenvalue weighted by molar-refractivity contribution is -0.130. The molecule has 3 rings (SSSR count). The molecule has 2 aromatic rings. The van der Waals surface area contributed by atoms with Gasteiger partial charge in [0.25, 0.3) is 5.91 Å². The number of aryl methyl sites for hydroxylation is 2. The van der Waals surface area contributed by atoms with Crippen molar-refractivity contribution < 1.29 is 9.59 Å². The number of benzene rings is 1. The van der Waals surface area contributed by atoms with Crippen LogP contribution in [-0.2, 0) is 4.79 Å². The molecule has 6 nitrogen and oxygen atoms in total. The van der Waals surface area contributed by atoms with E-state index in [4.69, 9.17) is 0 Å². The highest BCUT2D eigenvalue weighted by atomic mass is 16.2. The molecule has 1 saturated heterocycles. The Morgan fingerprint density at radius 2 is 1.69 bits per heavy atom. The molecule has 1 aromatic carbocycles. The molecule has 26 heavy (non-hydrogen) atoms. The summed E-state index contributed by atoms with van der Waals surface area (Å²) in [6.45, 7) is 7.87. The van der Waals surface area contributed by atoms with Crippen LogP contribution in [0.3, 0.4) is 0 Å². The zero-order chi connectivity index (χ0) is 18.7. The van der Waals surface area contributed by atoms with Crippen molar-refractivity contribution in [2.45, 2.75) is 20.8 Å². The molecule has 2 heterocycles. The first-order valence-corrected chi connectivity index (χ1v) is 8.79. The number of carbonyl (C=O) groups excluding carboxylic acids is 2. The molecule has 0 spiro atoms. The molecule has 2 amide bonds. The maximum Gasteiger partial charge on any atom is 0.272 e. The molecule has 0 unspecified atom stereocenters. The van der Waals surface area contributed by atoms with Crippen molar-refractivity contribution in [2.24, 2.45) is 0 Å². The number of carbonyl (C=O) groups is 2. The van der Waals surface area contributed by atoms with Gasteiger partial charge in [0, 0.05) is 50.7 Å². The lowest BCUT2D eigenvalue weighted by Gasteiger charge is -2.34. The Bertz CT molecular complexity index is 826. The Morgan fingerprint density at radius 3 is 2.38 bits per heavy atom. The number of nitrogens with one attached hydrogen (secondary N) is 1. The minimum atomic E-state index is -0.0992. The lowest BCUT2D eigenvalue weighted by atomic mass is 10.1. The largest absolute Gasteiger partial charge is 0.355 e. The van der Waals surface area contributed by atoms with Crippen LogP contribution in [0.15, 0.2) is 36.5 Å². The number of hydrogen-bond acceptors (Lipinski definition) is 4. The first-order valence-electron chi connectivity index (χ1n) is 8.79. The summed E-state index contributed by atoms with van der Waals surface area (Å²) >= 11 is 0. The van der Waals surface area contributed by atoms with E-state index in [1.807, 2.05) is 19.9 Å². The average Bonchev–Trinajstić information content (AvgIpc) is 2.64. The summed E-state index contributed by atoms with van der Waals surface area (Å²) in [6.07, 6.45) is 1.65. The number of piperazine rings is 1. The van der Waals surface area contributed by atoms with E-state index in [2.05, 4.69) is 28.5 Å². The van der Waals surface area contributed by atoms with Crippen molar-refractivity contribution >= 4 is 23.2 Å². The van der Waals surface area contributed by atoms with Crippen molar-refractivity contribution in [3.8, 4) is 0 Å². The summed E-state index contributed by atoms with van der Waals surface area (Å²) in [7, 11) is 0. The predicted octanol–water partition coefficient (Wildman–Crippen LogP) is 2.75. The van der Waals surface area contributed by atoms with E-state index < -0.39 is 0 Å². The number of pyridine rings is 1. The van der Waals surface area contributed by atoms with Gasteiger partial charge < -0.3 is 15.1 Å². The highest BCUT2D eigenvalue weighted by Gasteiger charge is 2.24. The quantitative estimate of drug-likeness (QED) is 0.922. The highest BCUT2D eigenvalue weighted by molar-refractivity contribution is 5.93. The van der Waals surface area contributed by atoms with E-state index >= 15 is 0 Å². The van der Waals surface area contributed by atoms with Gasteiger partial charge in [-0.1, -0.05) is 12.1 Å². The molecule has 6 heteroatoms. The molecule has 1 aliphatic rings. The van der Waals surface area contributed by atoms with Crippen molar-refractivity contribution in [1.29, 1.82) is 0 Å². The van der Waals surface area contributed by atoms with Crippen molar-refractivity contribution in [1.82, 2.24) is 14.8 Å². The molecular formula is C20H24N4O2. The van der Waals surface area contributed by atoms with Crippen LogP contribution in [-0.4, -0.2) is 52.8 Å². The minimum absolute atomic E-state index is 0.0509. The van der Waals surface area contributed by atoms with Crippen LogP contribution in [0, 0.1) is 13.8 Å². The van der Waals surface area contributed by atoms with E-state index in [1.54, 1.807) is 29.0 Å². The average molecular weight is 352 g/mol. The summed E-state index contributed by atoms with van der Waals surface area (Å²) in [5.74, 6) is -0.0484. The van der Waals surface area contributed by atoms with Gasteiger partial charge in [0.2, 0.25) is 5.91 Å². The number of anilines is 2. The SMILES string of the molecule is CC(=O)N1CCN(C(=O)c2cc(Nc3cc(C)ccc3C)ccn2)CC1. The van der Waals surface area contributed by atoms with Crippen molar-refractivity contribution in [2.75, 3.05) is 31.5 Å². The first-order chi connectivity index (χ1) is 12.4. The van der Waals surface area contributed by atoms with Crippen LogP contribution in [0.5, 0.6) is 0 Å². The van der Waals surface area contributed by atoms with E-state index in [9.17, 15) is 9.59 Å². The highest BCUT2D eigenvalue weighted by Crippen LogP contribution is 2.22. The summed E-state index contributed by atoms with van der Waals surface area (Å²) in [5, 5.41) is 3.37. The first kappa shape index (κ1) is 17.9. The maximum absolute atomic E-state index is 12.7. The number of amides is 2. The van der Waals surface area contributed by atoms with E-state index in [1.165, 1.54) is 5.56 Å². The lowest BCUT2D eigenvalue weighted by Crippen LogP contribution is -2.50. The second-order valence-electron chi connectivity index (χ2n) is 6.67. The van der Waals surface area contributed by atoms with Gasteiger partial charge in [-0.25, -0.2) is 0 Å². The van der Waals surface area contributed by atoms with Gasteiger partial charge in [-0.3, -0.25) is 14.6 Å². The van der Waals surface area contributed by atoms with Crippen LogP contribution in [0.1, 0.15) is 28.5 Å². The zero-order valence-electron chi connectivity index (χ0n) is 15.5. The summed E-state index contributed by atoms with van der Waals surface area (Å²) in [6, 6.07) is 9.86. The van der Waals surface area contributed by atoms with Gasteiger partial charge in [0.1, 0.15) is 5.69 Å². The van der Waals surface area contributed by atoms with Gasteiger partial charge in [0.05, 0.1) is 0 Å². The third-order valence-electron chi connectivity index (χ3n) is 4.66. The van der Waals surface area contributed by atoms with Crippen LogP contribution in [0.25, 0.3) is 0 Å². The van der Waals surface area contributed by atoms with Crippen LogP contribution < -0.4 is 5.32 Å². The van der Waals surface area contributed by atoms with E-state index in [0.717, 1.165) is 16.9 Å².